The molecule has 0 saturated heterocycles. The summed E-state index contributed by atoms with van der Waals surface area (Å²) in [6, 6.07) is 1.75. The molecule has 0 aliphatic rings. The number of aromatic amines is 1. The topological polar surface area (TPSA) is 53.6 Å². The molecule has 0 fully saturated rings. The van der Waals surface area contributed by atoms with Gasteiger partial charge in [-0.2, -0.15) is 13.2 Å². The number of aryl methyl sites for hydroxylation is 1. The number of unbranched alkanes of at least 4 members (excludes halogenated alkanes) is 2. The van der Waals surface area contributed by atoms with Gasteiger partial charge in [0.05, 0.1) is 5.39 Å². The zero-order valence-corrected chi connectivity index (χ0v) is 11.4. The van der Waals surface area contributed by atoms with E-state index >= 15 is 0 Å². The van der Waals surface area contributed by atoms with Crippen LogP contribution in [0.1, 0.15) is 37.7 Å². The Morgan fingerprint density at radius 1 is 1.25 bits per heavy atom. The first-order valence-electron chi connectivity index (χ1n) is 6.60. The number of hydrogen-bond acceptors (Lipinski definition) is 3. The Kier molecular flexibility index (Phi) is 4.15. The molecule has 0 aliphatic heterocycles. The first kappa shape index (κ1) is 14.6. The smallest absolute Gasteiger partial charge is 0.369 e. The lowest BCUT2D eigenvalue weighted by atomic mass is 10.2. The van der Waals surface area contributed by atoms with E-state index in [0.29, 0.717) is 11.9 Å². The molecule has 2 N–H and O–H groups in total. The van der Waals surface area contributed by atoms with Gasteiger partial charge in [0.2, 0.25) is 5.82 Å². The van der Waals surface area contributed by atoms with Crippen molar-refractivity contribution in [1.29, 1.82) is 0 Å². The summed E-state index contributed by atoms with van der Waals surface area (Å²) in [7, 11) is 0. The van der Waals surface area contributed by atoms with Crippen molar-refractivity contribution in [1.82, 2.24) is 15.0 Å². The summed E-state index contributed by atoms with van der Waals surface area (Å²) in [5.41, 5.74) is 0.966. The van der Waals surface area contributed by atoms with E-state index in [1.807, 2.05) is 0 Å². The molecule has 0 aromatic carbocycles. The van der Waals surface area contributed by atoms with Crippen LogP contribution in [0.4, 0.5) is 19.0 Å². The van der Waals surface area contributed by atoms with Gasteiger partial charge in [-0.1, -0.05) is 19.8 Å². The number of nitrogens with one attached hydrogen (secondary N) is 2. The van der Waals surface area contributed by atoms with E-state index in [1.54, 1.807) is 13.0 Å². The Morgan fingerprint density at radius 2 is 2.00 bits per heavy atom. The monoisotopic (exact) mass is 286 g/mol. The highest BCUT2D eigenvalue weighted by Crippen LogP contribution is 2.30. The minimum atomic E-state index is -4.55. The molecule has 7 heteroatoms. The molecule has 0 spiro atoms. The van der Waals surface area contributed by atoms with Crippen molar-refractivity contribution in [3.05, 3.63) is 17.6 Å². The second-order valence-electron chi connectivity index (χ2n) is 4.74. The Hall–Kier alpha value is -1.79. The van der Waals surface area contributed by atoms with Gasteiger partial charge in [0.15, 0.2) is 0 Å². The number of anilines is 1. The average Bonchev–Trinajstić information content (AvgIpc) is 2.73. The van der Waals surface area contributed by atoms with Gasteiger partial charge in [-0.25, -0.2) is 9.97 Å². The third-order valence-corrected chi connectivity index (χ3v) is 2.95. The van der Waals surface area contributed by atoms with Gasteiger partial charge in [-0.3, -0.25) is 0 Å². The van der Waals surface area contributed by atoms with Crippen molar-refractivity contribution in [3.8, 4) is 0 Å². The minimum absolute atomic E-state index is 0.211. The van der Waals surface area contributed by atoms with Crippen LogP contribution in [0.5, 0.6) is 0 Å². The molecule has 0 unspecified atom stereocenters. The molecule has 0 aliphatic carbocycles. The maximum absolute atomic E-state index is 12.8. The standard InChI is InChI=1S/C13H17F3N4/c1-3-4-5-6-17-10-9-7-8(2)18-11(9)20-12(19-10)13(14,15)16/h7H,3-6H2,1-2H3,(H2,17,18,19,20). The molecular weight excluding hydrogens is 269 g/mol. The average molecular weight is 286 g/mol. The fourth-order valence-corrected chi connectivity index (χ4v) is 1.98. The van der Waals surface area contributed by atoms with Crippen molar-refractivity contribution >= 4 is 16.9 Å². The Morgan fingerprint density at radius 3 is 2.65 bits per heavy atom. The molecular formula is C13H17F3N4. The van der Waals surface area contributed by atoms with E-state index < -0.39 is 12.0 Å². The van der Waals surface area contributed by atoms with Crippen LogP contribution in [0.25, 0.3) is 11.0 Å². The van der Waals surface area contributed by atoms with Crippen molar-refractivity contribution in [2.45, 2.75) is 39.3 Å². The molecule has 2 aromatic heterocycles. The van der Waals surface area contributed by atoms with Crippen molar-refractivity contribution in [3.63, 3.8) is 0 Å². The van der Waals surface area contributed by atoms with Crippen molar-refractivity contribution in [2.75, 3.05) is 11.9 Å². The molecule has 0 saturated carbocycles. The number of alkyl halides is 3. The lowest BCUT2D eigenvalue weighted by molar-refractivity contribution is -0.144. The van der Waals surface area contributed by atoms with Crippen LogP contribution in [0, 0.1) is 6.92 Å². The van der Waals surface area contributed by atoms with Gasteiger partial charge in [0, 0.05) is 12.2 Å². The molecule has 0 atom stereocenters. The molecule has 4 nitrogen and oxygen atoms in total. The molecule has 0 radical (unpaired) electrons. The third-order valence-electron chi connectivity index (χ3n) is 2.95. The van der Waals surface area contributed by atoms with Crippen LogP contribution in [0.3, 0.4) is 0 Å². The Bertz CT molecular complexity index is 589. The molecule has 110 valence electrons. The van der Waals surface area contributed by atoms with E-state index in [2.05, 4.69) is 27.2 Å². The summed E-state index contributed by atoms with van der Waals surface area (Å²) in [5.74, 6) is -0.882. The van der Waals surface area contributed by atoms with E-state index in [-0.39, 0.29) is 11.5 Å². The molecule has 0 amide bonds. The lowest BCUT2D eigenvalue weighted by Gasteiger charge is -2.10. The zero-order valence-electron chi connectivity index (χ0n) is 11.4. The summed E-state index contributed by atoms with van der Waals surface area (Å²) in [6.07, 6.45) is -1.57. The van der Waals surface area contributed by atoms with Crippen molar-refractivity contribution in [2.24, 2.45) is 0 Å². The molecule has 20 heavy (non-hydrogen) atoms. The number of hydrogen-bond donors (Lipinski definition) is 2. The van der Waals surface area contributed by atoms with Crippen LogP contribution in [-0.2, 0) is 6.18 Å². The van der Waals surface area contributed by atoms with Gasteiger partial charge < -0.3 is 10.3 Å². The minimum Gasteiger partial charge on any atom is -0.369 e. The summed E-state index contributed by atoms with van der Waals surface area (Å²) >= 11 is 0. The van der Waals surface area contributed by atoms with Crippen LogP contribution in [0.15, 0.2) is 6.07 Å². The van der Waals surface area contributed by atoms with E-state index in [4.69, 9.17) is 0 Å². The van der Waals surface area contributed by atoms with Crippen LogP contribution in [0.2, 0.25) is 0 Å². The quantitative estimate of drug-likeness (QED) is 0.820. The van der Waals surface area contributed by atoms with Gasteiger partial charge in [0.25, 0.3) is 0 Å². The predicted molar refractivity (Wildman–Crippen MR) is 71.6 cm³/mol. The number of halogens is 3. The summed E-state index contributed by atoms with van der Waals surface area (Å²) < 4.78 is 38.3. The van der Waals surface area contributed by atoms with E-state index in [1.165, 1.54) is 0 Å². The summed E-state index contributed by atoms with van der Waals surface area (Å²) in [5, 5.41) is 3.57. The SMILES string of the molecule is CCCCCNc1nc(C(F)(F)F)nc2[nH]c(C)cc12. The van der Waals surface area contributed by atoms with Gasteiger partial charge in [-0.15, -0.1) is 0 Å². The zero-order chi connectivity index (χ0) is 14.8. The first-order valence-corrected chi connectivity index (χ1v) is 6.60. The molecule has 0 bridgehead atoms. The van der Waals surface area contributed by atoms with E-state index in [9.17, 15) is 13.2 Å². The fourth-order valence-electron chi connectivity index (χ4n) is 1.98. The summed E-state index contributed by atoms with van der Waals surface area (Å²) in [6.45, 7) is 4.44. The third kappa shape index (κ3) is 3.20. The van der Waals surface area contributed by atoms with Crippen molar-refractivity contribution < 1.29 is 13.2 Å². The highest BCUT2D eigenvalue weighted by Gasteiger charge is 2.35. The fraction of sp³-hybridized carbons (Fsp3) is 0.538. The number of aromatic nitrogens is 3. The van der Waals surface area contributed by atoms with Gasteiger partial charge in [-0.05, 0) is 19.4 Å². The maximum atomic E-state index is 12.8. The first-order chi connectivity index (χ1) is 9.41. The largest absolute Gasteiger partial charge is 0.451 e. The highest BCUT2D eigenvalue weighted by atomic mass is 19.4. The number of H-pyrrole nitrogens is 1. The number of nitrogens with zero attached hydrogens (tertiary/aromatic N) is 2. The van der Waals surface area contributed by atoms with Gasteiger partial charge >= 0.3 is 6.18 Å². The number of rotatable bonds is 5. The number of fused-ring (bicyclic) bond motifs is 1. The Labute approximate surface area is 114 Å². The molecule has 2 aromatic rings. The second kappa shape index (κ2) is 5.68. The highest BCUT2D eigenvalue weighted by molar-refractivity contribution is 5.87. The van der Waals surface area contributed by atoms with Crippen LogP contribution in [-0.4, -0.2) is 21.5 Å². The van der Waals surface area contributed by atoms with Crippen LogP contribution >= 0.6 is 0 Å². The molecule has 2 heterocycles. The van der Waals surface area contributed by atoms with E-state index in [0.717, 1.165) is 25.0 Å². The lowest BCUT2D eigenvalue weighted by Crippen LogP contribution is -2.14. The summed E-state index contributed by atoms with van der Waals surface area (Å²) in [4.78, 5) is 9.98. The second-order valence-corrected chi connectivity index (χ2v) is 4.74. The van der Waals surface area contributed by atoms with Crippen LogP contribution < -0.4 is 5.32 Å². The Balaban J connectivity index is 2.34. The normalized spacial score (nSPS) is 12.1. The molecule has 2 rings (SSSR count). The maximum Gasteiger partial charge on any atom is 0.451 e. The van der Waals surface area contributed by atoms with Gasteiger partial charge in [0.1, 0.15) is 11.5 Å². The predicted octanol–water partition coefficient (Wildman–Crippen LogP) is 3.89.